The van der Waals surface area contributed by atoms with E-state index >= 15 is 0 Å². The largest absolute Gasteiger partial charge is 0.370 e. The highest BCUT2D eigenvalue weighted by molar-refractivity contribution is 6.33. The van der Waals surface area contributed by atoms with Gasteiger partial charge in [0, 0.05) is 19.3 Å². The summed E-state index contributed by atoms with van der Waals surface area (Å²) in [4.78, 5) is 16.4. The van der Waals surface area contributed by atoms with E-state index in [1.165, 1.54) is 19.0 Å². The van der Waals surface area contributed by atoms with Crippen molar-refractivity contribution < 1.29 is 4.79 Å². The van der Waals surface area contributed by atoms with Crippen molar-refractivity contribution in [3.63, 3.8) is 0 Å². The molecule has 2 N–H and O–H groups in total. The van der Waals surface area contributed by atoms with Crippen LogP contribution in [0, 0.1) is 5.92 Å². The van der Waals surface area contributed by atoms with E-state index < -0.39 is 0 Å². The zero-order valence-electron chi connectivity index (χ0n) is 13.2. The Morgan fingerprint density at radius 3 is 2.76 bits per heavy atom. The molecule has 0 spiro atoms. The first-order valence-corrected chi connectivity index (χ1v) is 8.17. The Labute approximate surface area is 132 Å². The summed E-state index contributed by atoms with van der Waals surface area (Å²) in [6, 6.07) is 1.70. The SMILES string of the molecule is CCCCC(CC)CNC(=O)c1cc(NCC)ncc1Cl. The number of carbonyl (C=O) groups is 1. The topological polar surface area (TPSA) is 54.0 Å². The second kappa shape index (κ2) is 9.61. The quantitative estimate of drug-likeness (QED) is 0.721. The lowest BCUT2D eigenvalue weighted by Gasteiger charge is -2.16. The maximum Gasteiger partial charge on any atom is 0.252 e. The van der Waals surface area contributed by atoms with Crippen LogP contribution in [0.2, 0.25) is 5.02 Å². The standard InChI is InChI=1S/C16H26ClN3O/c1-4-7-8-12(5-2)10-20-16(21)13-9-15(18-6-3)19-11-14(13)17/h9,11-12H,4-8,10H2,1-3H3,(H,18,19)(H,20,21). The summed E-state index contributed by atoms with van der Waals surface area (Å²) in [5.41, 5.74) is 0.480. The molecule has 0 aliphatic rings. The normalized spacial score (nSPS) is 12.0. The summed E-state index contributed by atoms with van der Waals surface area (Å²) in [5.74, 6) is 1.07. The highest BCUT2D eigenvalue weighted by Gasteiger charge is 2.14. The van der Waals surface area contributed by atoms with Crippen LogP contribution in [0.4, 0.5) is 5.82 Å². The number of carbonyl (C=O) groups excluding carboxylic acids is 1. The smallest absolute Gasteiger partial charge is 0.252 e. The maximum atomic E-state index is 12.3. The van der Waals surface area contributed by atoms with E-state index in [9.17, 15) is 4.79 Å². The molecule has 21 heavy (non-hydrogen) atoms. The van der Waals surface area contributed by atoms with E-state index in [1.54, 1.807) is 6.07 Å². The van der Waals surface area contributed by atoms with Crippen molar-refractivity contribution >= 4 is 23.3 Å². The van der Waals surface area contributed by atoms with Crippen molar-refractivity contribution in [2.45, 2.75) is 46.5 Å². The Bertz CT molecular complexity index is 451. The lowest BCUT2D eigenvalue weighted by Crippen LogP contribution is -2.29. The van der Waals surface area contributed by atoms with E-state index in [1.807, 2.05) is 6.92 Å². The van der Waals surface area contributed by atoms with Gasteiger partial charge in [-0.15, -0.1) is 0 Å². The van der Waals surface area contributed by atoms with E-state index in [0.717, 1.165) is 19.4 Å². The fourth-order valence-corrected chi connectivity index (χ4v) is 2.36. The number of unbranched alkanes of at least 4 members (excludes halogenated alkanes) is 1. The Hall–Kier alpha value is -1.29. The molecule has 0 aromatic carbocycles. The van der Waals surface area contributed by atoms with Crippen LogP contribution in [0.1, 0.15) is 56.8 Å². The molecule has 1 rings (SSSR count). The van der Waals surface area contributed by atoms with Gasteiger partial charge in [0.05, 0.1) is 10.6 Å². The van der Waals surface area contributed by atoms with E-state index in [2.05, 4.69) is 29.5 Å². The zero-order chi connectivity index (χ0) is 15.7. The first kappa shape index (κ1) is 17.8. The van der Waals surface area contributed by atoms with Crippen LogP contribution in [0.3, 0.4) is 0 Å². The van der Waals surface area contributed by atoms with Crippen LogP contribution in [-0.4, -0.2) is 24.0 Å². The number of rotatable bonds is 9. The van der Waals surface area contributed by atoms with Gasteiger partial charge in [-0.2, -0.15) is 0 Å². The predicted molar refractivity (Wildman–Crippen MR) is 89.0 cm³/mol. The van der Waals surface area contributed by atoms with Gasteiger partial charge < -0.3 is 10.6 Å². The summed E-state index contributed by atoms with van der Waals surface area (Å²) < 4.78 is 0. The molecular formula is C16H26ClN3O. The van der Waals surface area contributed by atoms with E-state index in [4.69, 9.17) is 11.6 Å². The van der Waals surface area contributed by atoms with Crippen molar-refractivity contribution in [1.29, 1.82) is 0 Å². The summed E-state index contributed by atoms with van der Waals surface area (Å²) in [6.07, 6.45) is 6.14. The summed E-state index contributed by atoms with van der Waals surface area (Å²) in [5, 5.41) is 6.46. The molecule has 4 nitrogen and oxygen atoms in total. The zero-order valence-corrected chi connectivity index (χ0v) is 14.0. The molecule has 118 valence electrons. The molecule has 0 fully saturated rings. The molecule has 0 saturated carbocycles. The molecule has 0 aliphatic heterocycles. The van der Waals surface area contributed by atoms with E-state index in [0.29, 0.717) is 28.9 Å². The minimum atomic E-state index is -0.128. The molecule has 1 unspecified atom stereocenters. The number of pyridine rings is 1. The molecule has 0 aliphatic carbocycles. The third-order valence-electron chi connectivity index (χ3n) is 3.55. The van der Waals surface area contributed by atoms with Crippen molar-refractivity contribution in [3.05, 3.63) is 22.8 Å². The summed E-state index contributed by atoms with van der Waals surface area (Å²) in [7, 11) is 0. The van der Waals surface area contributed by atoms with Crippen LogP contribution in [0.25, 0.3) is 0 Å². The van der Waals surface area contributed by atoms with E-state index in [-0.39, 0.29) is 5.91 Å². The predicted octanol–water partition coefficient (Wildman–Crippen LogP) is 4.11. The van der Waals surface area contributed by atoms with Gasteiger partial charge in [-0.1, -0.05) is 44.7 Å². The first-order valence-electron chi connectivity index (χ1n) is 7.79. The highest BCUT2D eigenvalue weighted by Crippen LogP contribution is 2.18. The van der Waals surface area contributed by atoms with Crippen molar-refractivity contribution in [2.24, 2.45) is 5.92 Å². The van der Waals surface area contributed by atoms with Gasteiger partial charge >= 0.3 is 0 Å². The van der Waals surface area contributed by atoms with Crippen molar-refractivity contribution in [3.8, 4) is 0 Å². The van der Waals surface area contributed by atoms with Gasteiger partial charge in [0.2, 0.25) is 0 Å². The Kier molecular flexibility index (Phi) is 8.13. The molecule has 1 atom stereocenters. The van der Waals surface area contributed by atoms with Gasteiger partial charge in [-0.25, -0.2) is 4.98 Å². The molecular weight excluding hydrogens is 286 g/mol. The lowest BCUT2D eigenvalue weighted by molar-refractivity contribution is 0.0946. The first-order chi connectivity index (χ1) is 10.1. The van der Waals surface area contributed by atoms with Crippen LogP contribution < -0.4 is 10.6 Å². The number of nitrogens with one attached hydrogen (secondary N) is 2. The average molecular weight is 312 g/mol. The van der Waals surface area contributed by atoms with Gasteiger partial charge in [0.25, 0.3) is 5.91 Å². The fraction of sp³-hybridized carbons (Fsp3) is 0.625. The van der Waals surface area contributed by atoms with Crippen LogP contribution >= 0.6 is 11.6 Å². The number of aromatic nitrogens is 1. The average Bonchev–Trinajstić information content (AvgIpc) is 2.49. The molecule has 0 radical (unpaired) electrons. The fourth-order valence-electron chi connectivity index (χ4n) is 2.17. The highest BCUT2D eigenvalue weighted by atomic mass is 35.5. The molecule has 1 amide bonds. The maximum absolute atomic E-state index is 12.3. The number of hydrogen-bond acceptors (Lipinski definition) is 3. The molecule has 0 saturated heterocycles. The van der Waals surface area contributed by atoms with Crippen LogP contribution in [0.5, 0.6) is 0 Å². The Morgan fingerprint density at radius 1 is 1.38 bits per heavy atom. The molecule has 1 aromatic heterocycles. The molecule has 1 aromatic rings. The summed E-state index contributed by atoms with van der Waals surface area (Å²) >= 11 is 6.07. The number of anilines is 1. The van der Waals surface area contributed by atoms with Gasteiger partial charge in [-0.3, -0.25) is 4.79 Å². The van der Waals surface area contributed by atoms with Crippen LogP contribution in [-0.2, 0) is 0 Å². The number of halogens is 1. The van der Waals surface area contributed by atoms with Gasteiger partial charge in [0.15, 0.2) is 0 Å². The number of nitrogens with zero attached hydrogens (tertiary/aromatic N) is 1. The Balaban J connectivity index is 2.63. The molecule has 1 heterocycles. The van der Waals surface area contributed by atoms with Crippen LogP contribution in [0.15, 0.2) is 12.3 Å². The minimum Gasteiger partial charge on any atom is -0.370 e. The molecule has 5 heteroatoms. The Morgan fingerprint density at radius 2 is 2.14 bits per heavy atom. The summed E-state index contributed by atoms with van der Waals surface area (Å²) in [6.45, 7) is 7.78. The van der Waals surface area contributed by atoms with Crippen molar-refractivity contribution in [2.75, 3.05) is 18.4 Å². The second-order valence-electron chi connectivity index (χ2n) is 5.21. The van der Waals surface area contributed by atoms with Gasteiger partial charge in [0.1, 0.15) is 5.82 Å². The van der Waals surface area contributed by atoms with Gasteiger partial charge in [-0.05, 0) is 25.3 Å². The van der Waals surface area contributed by atoms with Crippen molar-refractivity contribution in [1.82, 2.24) is 10.3 Å². The molecule has 0 bridgehead atoms. The minimum absolute atomic E-state index is 0.128. The number of hydrogen-bond donors (Lipinski definition) is 2. The third-order valence-corrected chi connectivity index (χ3v) is 3.85. The second-order valence-corrected chi connectivity index (χ2v) is 5.61. The lowest BCUT2D eigenvalue weighted by atomic mass is 9.99. The third kappa shape index (κ3) is 5.92. The monoisotopic (exact) mass is 311 g/mol. The number of amides is 1.